The Morgan fingerprint density at radius 1 is 1.50 bits per heavy atom. The van der Waals surface area contributed by atoms with Crippen LogP contribution in [0.3, 0.4) is 0 Å². The van der Waals surface area contributed by atoms with Gasteiger partial charge in [-0.25, -0.2) is 4.98 Å². The van der Waals surface area contributed by atoms with Gasteiger partial charge in [-0.3, -0.25) is 4.68 Å². The topological polar surface area (TPSA) is 54.8 Å². The SMILES string of the molecule is Cn1cc(C2CNc3cccnc3N2)cn1. The van der Waals surface area contributed by atoms with Crippen molar-refractivity contribution in [3.8, 4) is 0 Å². The van der Waals surface area contributed by atoms with Gasteiger partial charge in [-0.15, -0.1) is 0 Å². The van der Waals surface area contributed by atoms with E-state index in [9.17, 15) is 0 Å². The van der Waals surface area contributed by atoms with E-state index in [0.717, 1.165) is 18.1 Å². The van der Waals surface area contributed by atoms with Gasteiger partial charge in [0, 0.05) is 31.5 Å². The molecule has 0 aliphatic carbocycles. The maximum Gasteiger partial charge on any atom is 0.149 e. The molecule has 82 valence electrons. The molecular weight excluding hydrogens is 202 g/mol. The summed E-state index contributed by atoms with van der Waals surface area (Å²) in [5, 5.41) is 10.9. The summed E-state index contributed by atoms with van der Waals surface area (Å²) in [6.45, 7) is 0.852. The maximum atomic E-state index is 4.30. The first-order chi connectivity index (χ1) is 7.83. The second-order valence-electron chi connectivity index (χ2n) is 3.92. The molecule has 2 aromatic heterocycles. The van der Waals surface area contributed by atoms with Gasteiger partial charge in [-0.2, -0.15) is 5.10 Å². The van der Waals surface area contributed by atoms with E-state index in [0.29, 0.717) is 0 Å². The molecule has 0 amide bonds. The molecule has 0 fully saturated rings. The lowest BCUT2D eigenvalue weighted by Crippen LogP contribution is -2.26. The van der Waals surface area contributed by atoms with Crippen LogP contribution in [0.25, 0.3) is 0 Å². The number of rotatable bonds is 1. The molecule has 3 heterocycles. The highest BCUT2D eigenvalue weighted by Gasteiger charge is 2.19. The quantitative estimate of drug-likeness (QED) is 0.755. The lowest BCUT2D eigenvalue weighted by atomic mass is 10.1. The van der Waals surface area contributed by atoms with E-state index < -0.39 is 0 Å². The molecule has 1 unspecified atom stereocenters. The predicted molar refractivity (Wildman–Crippen MR) is 62.3 cm³/mol. The van der Waals surface area contributed by atoms with E-state index in [4.69, 9.17) is 0 Å². The first-order valence-corrected chi connectivity index (χ1v) is 5.27. The third kappa shape index (κ3) is 1.50. The maximum absolute atomic E-state index is 4.30. The summed E-state index contributed by atoms with van der Waals surface area (Å²) >= 11 is 0. The number of hydrogen-bond donors (Lipinski definition) is 2. The molecule has 2 N–H and O–H groups in total. The average molecular weight is 215 g/mol. The summed E-state index contributed by atoms with van der Waals surface area (Å²) < 4.78 is 1.81. The highest BCUT2D eigenvalue weighted by atomic mass is 15.2. The molecule has 0 bridgehead atoms. The molecule has 2 aromatic rings. The minimum Gasteiger partial charge on any atom is -0.380 e. The highest BCUT2D eigenvalue weighted by Crippen LogP contribution is 2.28. The molecule has 0 saturated carbocycles. The molecule has 1 aliphatic rings. The van der Waals surface area contributed by atoms with Gasteiger partial charge in [0.05, 0.1) is 17.9 Å². The van der Waals surface area contributed by atoms with Crippen LogP contribution >= 0.6 is 0 Å². The van der Waals surface area contributed by atoms with Crippen molar-refractivity contribution in [2.24, 2.45) is 7.05 Å². The number of pyridine rings is 1. The van der Waals surface area contributed by atoms with E-state index in [1.165, 1.54) is 5.56 Å². The lowest BCUT2D eigenvalue weighted by molar-refractivity contribution is 0.760. The van der Waals surface area contributed by atoms with Crippen LogP contribution in [0.1, 0.15) is 11.6 Å². The Hall–Kier alpha value is -2.04. The minimum absolute atomic E-state index is 0.232. The standard InChI is InChI=1S/C11H13N5/c1-16-7-8(5-14-16)10-6-13-9-3-2-4-12-11(9)15-10/h2-5,7,10,13H,6H2,1H3,(H,12,15). The van der Waals surface area contributed by atoms with Crippen molar-refractivity contribution in [1.29, 1.82) is 0 Å². The summed E-state index contributed by atoms with van der Waals surface area (Å²) in [4.78, 5) is 4.30. The third-order valence-corrected chi connectivity index (χ3v) is 2.74. The van der Waals surface area contributed by atoms with Crippen molar-refractivity contribution in [2.75, 3.05) is 17.2 Å². The molecule has 5 nitrogen and oxygen atoms in total. The molecule has 0 spiro atoms. The Kier molecular flexibility index (Phi) is 2.02. The van der Waals surface area contributed by atoms with Crippen LogP contribution in [0.4, 0.5) is 11.5 Å². The zero-order valence-electron chi connectivity index (χ0n) is 9.01. The zero-order chi connectivity index (χ0) is 11.0. The molecule has 16 heavy (non-hydrogen) atoms. The summed E-state index contributed by atoms with van der Waals surface area (Å²) in [5.74, 6) is 0.905. The zero-order valence-corrected chi connectivity index (χ0v) is 9.01. The van der Waals surface area contributed by atoms with E-state index in [1.54, 1.807) is 6.20 Å². The van der Waals surface area contributed by atoms with Crippen LogP contribution in [-0.4, -0.2) is 21.3 Å². The first-order valence-electron chi connectivity index (χ1n) is 5.27. The van der Waals surface area contributed by atoms with Gasteiger partial charge in [-0.05, 0) is 12.1 Å². The van der Waals surface area contributed by atoms with Crippen molar-refractivity contribution in [1.82, 2.24) is 14.8 Å². The predicted octanol–water partition coefficient (Wildman–Crippen LogP) is 1.39. The molecule has 5 heteroatoms. The number of nitrogens with zero attached hydrogens (tertiary/aromatic N) is 3. The van der Waals surface area contributed by atoms with E-state index >= 15 is 0 Å². The Labute approximate surface area is 93.5 Å². The summed E-state index contributed by atoms with van der Waals surface area (Å²) in [6, 6.07) is 4.18. The normalized spacial score (nSPS) is 18.4. The van der Waals surface area contributed by atoms with E-state index in [1.807, 2.05) is 36.3 Å². The molecule has 0 radical (unpaired) electrons. The van der Waals surface area contributed by atoms with Gasteiger partial charge in [0.15, 0.2) is 0 Å². The molecular formula is C11H13N5. The number of hydrogen-bond acceptors (Lipinski definition) is 4. The minimum atomic E-state index is 0.232. The van der Waals surface area contributed by atoms with E-state index in [-0.39, 0.29) is 6.04 Å². The van der Waals surface area contributed by atoms with Crippen molar-refractivity contribution in [3.63, 3.8) is 0 Å². The van der Waals surface area contributed by atoms with Gasteiger partial charge in [0.1, 0.15) is 5.82 Å². The van der Waals surface area contributed by atoms with Crippen molar-refractivity contribution in [2.45, 2.75) is 6.04 Å². The highest BCUT2D eigenvalue weighted by molar-refractivity contribution is 5.67. The fraction of sp³-hybridized carbons (Fsp3) is 0.273. The van der Waals surface area contributed by atoms with E-state index in [2.05, 4.69) is 20.7 Å². The van der Waals surface area contributed by atoms with Gasteiger partial charge in [0.25, 0.3) is 0 Å². The van der Waals surface area contributed by atoms with Crippen LogP contribution in [0.2, 0.25) is 0 Å². The summed E-state index contributed by atoms with van der Waals surface area (Å²) in [6.07, 6.45) is 5.69. The largest absolute Gasteiger partial charge is 0.380 e. The van der Waals surface area contributed by atoms with Crippen molar-refractivity contribution >= 4 is 11.5 Å². The molecule has 0 aromatic carbocycles. The smallest absolute Gasteiger partial charge is 0.149 e. The number of anilines is 2. The van der Waals surface area contributed by atoms with Crippen molar-refractivity contribution < 1.29 is 0 Å². The number of aromatic nitrogens is 3. The van der Waals surface area contributed by atoms with Crippen LogP contribution in [-0.2, 0) is 7.05 Å². The molecule has 0 saturated heterocycles. The first kappa shape index (κ1) is 9.21. The Morgan fingerprint density at radius 3 is 3.25 bits per heavy atom. The van der Waals surface area contributed by atoms with Crippen molar-refractivity contribution in [3.05, 3.63) is 36.3 Å². The number of aryl methyl sites for hydroxylation is 1. The molecule has 1 aliphatic heterocycles. The van der Waals surface area contributed by atoms with Gasteiger partial charge in [0.2, 0.25) is 0 Å². The third-order valence-electron chi connectivity index (χ3n) is 2.74. The second-order valence-corrected chi connectivity index (χ2v) is 3.92. The number of nitrogens with one attached hydrogen (secondary N) is 2. The van der Waals surface area contributed by atoms with Gasteiger partial charge in [-0.1, -0.05) is 0 Å². The Balaban J connectivity index is 1.88. The molecule has 1 atom stereocenters. The fourth-order valence-electron chi connectivity index (χ4n) is 1.91. The lowest BCUT2D eigenvalue weighted by Gasteiger charge is -2.26. The number of fused-ring (bicyclic) bond motifs is 1. The summed E-state index contributed by atoms with van der Waals surface area (Å²) in [5.41, 5.74) is 2.23. The Morgan fingerprint density at radius 2 is 2.44 bits per heavy atom. The second kappa shape index (κ2) is 3.52. The fourth-order valence-corrected chi connectivity index (χ4v) is 1.91. The Bertz CT molecular complexity index is 505. The van der Waals surface area contributed by atoms with Crippen LogP contribution in [0, 0.1) is 0 Å². The summed E-state index contributed by atoms with van der Waals surface area (Å²) in [7, 11) is 1.92. The molecule has 3 rings (SSSR count). The monoisotopic (exact) mass is 215 g/mol. The van der Waals surface area contributed by atoms with Crippen LogP contribution in [0.5, 0.6) is 0 Å². The van der Waals surface area contributed by atoms with Gasteiger partial charge < -0.3 is 10.6 Å². The van der Waals surface area contributed by atoms with Crippen LogP contribution < -0.4 is 10.6 Å². The average Bonchev–Trinajstić information content (AvgIpc) is 2.75. The van der Waals surface area contributed by atoms with Gasteiger partial charge >= 0.3 is 0 Å². The van der Waals surface area contributed by atoms with Crippen LogP contribution in [0.15, 0.2) is 30.7 Å².